The van der Waals surface area contributed by atoms with Gasteiger partial charge in [0.2, 0.25) is 0 Å². The van der Waals surface area contributed by atoms with Crippen molar-refractivity contribution in [3.63, 3.8) is 0 Å². The normalized spacial score (nSPS) is 18.8. The van der Waals surface area contributed by atoms with Crippen LogP contribution in [0.25, 0.3) is 0 Å². The summed E-state index contributed by atoms with van der Waals surface area (Å²) in [6, 6.07) is 3.92. The molecule has 1 aromatic heterocycles. The maximum absolute atomic E-state index is 4.25. The largest absolute Gasteiger partial charge is 0.364 e. The Morgan fingerprint density at radius 2 is 2.33 bits per heavy atom. The minimum Gasteiger partial charge on any atom is -0.364 e. The highest BCUT2D eigenvalue weighted by atomic mass is 79.9. The molecule has 0 spiro atoms. The molecule has 0 unspecified atom stereocenters. The fourth-order valence-electron chi connectivity index (χ4n) is 1.08. The van der Waals surface area contributed by atoms with Crippen LogP contribution >= 0.6 is 15.9 Å². The van der Waals surface area contributed by atoms with E-state index in [4.69, 9.17) is 0 Å². The van der Waals surface area contributed by atoms with Crippen LogP contribution in [0.1, 0.15) is 19.8 Å². The molecule has 1 heterocycles. The maximum atomic E-state index is 4.25. The first kappa shape index (κ1) is 8.05. The smallest absolute Gasteiger partial charge is 0.140 e. The van der Waals surface area contributed by atoms with Gasteiger partial charge in [-0.1, -0.05) is 0 Å². The van der Waals surface area contributed by atoms with Gasteiger partial charge in [-0.3, -0.25) is 0 Å². The highest BCUT2D eigenvalue weighted by molar-refractivity contribution is 9.10. The predicted octanol–water partition coefficient (Wildman–Crippen LogP) is 2.81. The van der Waals surface area contributed by atoms with Gasteiger partial charge in [-0.15, -0.1) is 0 Å². The minimum absolute atomic E-state index is 0.302. The summed E-state index contributed by atoms with van der Waals surface area (Å²) in [4.78, 5) is 4.25. The lowest BCUT2D eigenvalue weighted by Gasteiger charge is -2.12. The molecule has 1 saturated carbocycles. The number of anilines is 1. The summed E-state index contributed by atoms with van der Waals surface area (Å²) in [5, 5.41) is 3.40. The van der Waals surface area contributed by atoms with Crippen molar-refractivity contribution in [1.29, 1.82) is 0 Å². The van der Waals surface area contributed by atoms with Crippen LogP contribution in [0.2, 0.25) is 0 Å². The lowest BCUT2D eigenvalue weighted by Crippen LogP contribution is -2.17. The number of pyridine rings is 1. The first-order chi connectivity index (χ1) is 5.70. The van der Waals surface area contributed by atoms with Crippen molar-refractivity contribution in [2.24, 2.45) is 0 Å². The van der Waals surface area contributed by atoms with E-state index in [1.54, 1.807) is 6.20 Å². The van der Waals surface area contributed by atoms with E-state index in [9.17, 15) is 0 Å². The number of rotatable bonds is 2. The number of hydrogen-bond acceptors (Lipinski definition) is 2. The molecule has 1 aromatic rings. The molecule has 0 aliphatic heterocycles. The Morgan fingerprint density at radius 3 is 2.92 bits per heavy atom. The second-order valence-electron chi connectivity index (χ2n) is 3.52. The van der Waals surface area contributed by atoms with Gasteiger partial charge >= 0.3 is 0 Å². The van der Waals surface area contributed by atoms with Crippen LogP contribution in [-0.2, 0) is 0 Å². The Kier molecular flexibility index (Phi) is 1.83. The summed E-state index contributed by atoms with van der Waals surface area (Å²) in [5.41, 5.74) is 0.302. The second-order valence-corrected chi connectivity index (χ2v) is 4.37. The quantitative estimate of drug-likeness (QED) is 0.840. The number of nitrogens with zero attached hydrogens (tertiary/aromatic N) is 1. The average Bonchev–Trinajstić information content (AvgIpc) is 2.74. The minimum atomic E-state index is 0.302. The number of nitrogens with one attached hydrogen (secondary N) is 1. The number of halogens is 1. The van der Waals surface area contributed by atoms with Crippen molar-refractivity contribution in [3.05, 3.63) is 22.8 Å². The zero-order valence-electron chi connectivity index (χ0n) is 6.97. The molecule has 12 heavy (non-hydrogen) atoms. The van der Waals surface area contributed by atoms with E-state index in [-0.39, 0.29) is 0 Å². The standard InChI is InChI=1S/C9H11BrN2/c1-9(4-5-9)12-8-7(10)3-2-6-11-8/h2-3,6H,4-5H2,1H3,(H,11,12). The van der Waals surface area contributed by atoms with Crippen LogP contribution in [-0.4, -0.2) is 10.5 Å². The van der Waals surface area contributed by atoms with Gasteiger partial charge in [0, 0.05) is 11.7 Å². The molecular weight excluding hydrogens is 216 g/mol. The molecule has 0 bridgehead atoms. The van der Waals surface area contributed by atoms with Gasteiger partial charge in [0.25, 0.3) is 0 Å². The molecule has 1 aliphatic rings. The highest BCUT2D eigenvalue weighted by Crippen LogP contribution is 2.38. The molecule has 0 radical (unpaired) electrons. The van der Waals surface area contributed by atoms with Crippen LogP contribution < -0.4 is 5.32 Å². The Labute approximate surface area is 80.5 Å². The molecule has 1 N–H and O–H groups in total. The zero-order valence-corrected chi connectivity index (χ0v) is 8.56. The summed E-state index contributed by atoms with van der Waals surface area (Å²) in [5.74, 6) is 0.956. The Balaban J connectivity index is 2.17. The van der Waals surface area contributed by atoms with Crippen LogP contribution in [0.5, 0.6) is 0 Å². The van der Waals surface area contributed by atoms with Gasteiger partial charge in [0.15, 0.2) is 0 Å². The molecule has 0 atom stereocenters. The maximum Gasteiger partial charge on any atom is 0.140 e. The van der Waals surface area contributed by atoms with E-state index in [1.165, 1.54) is 12.8 Å². The zero-order chi connectivity index (χ0) is 8.60. The average molecular weight is 227 g/mol. The molecular formula is C9H11BrN2. The molecule has 0 amide bonds. The summed E-state index contributed by atoms with van der Waals surface area (Å²) >= 11 is 3.45. The van der Waals surface area contributed by atoms with Crippen molar-refractivity contribution >= 4 is 21.7 Å². The van der Waals surface area contributed by atoms with Gasteiger partial charge in [-0.05, 0) is 47.8 Å². The topological polar surface area (TPSA) is 24.9 Å². The molecule has 2 nitrogen and oxygen atoms in total. The van der Waals surface area contributed by atoms with E-state index in [0.717, 1.165) is 10.3 Å². The van der Waals surface area contributed by atoms with E-state index in [0.29, 0.717) is 5.54 Å². The first-order valence-corrected chi connectivity index (χ1v) is 4.88. The summed E-state index contributed by atoms with van der Waals surface area (Å²) < 4.78 is 1.04. The summed E-state index contributed by atoms with van der Waals surface area (Å²) in [6.45, 7) is 2.22. The van der Waals surface area contributed by atoms with Crippen molar-refractivity contribution in [2.45, 2.75) is 25.3 Å². The summed E-state index contributed by atoms with van der Waals surface area (Å²) in [7, 11) is 0. The molecule has 3 heteroatoms. The predicted molar refractivity (Wildman–Crippen MR) is 53.2 cm³/mol. The van der Waals surface area contributed by atoms with Gasteiger partial charge in [-0.25, -0.2) is 4.98 Å². The molecule has 1 aliphatic carbocycles. The third kappa shape index (κ3) is 1.61. The van der Waals surface area contributed by atoms with E-state index >= 15 is 0 Å². The molecule has 1 fully saturated rings. The first-order valence-electron chi connectivity index (χ1n) is 4.08. The van der Waals surface area contributed by atoms with Gasteiger partial charge in [-0.2, -0.15) is 0 Å². The van der Waals surface area contributed by atoms with Crippen molar-refractivity contribution in [3.8, 4) is 0 Å². The Morgan fingerprint density at radius 1 is 1.58 bits per heavy atom. The molecule has 2 rings (SSSR count). The third-order valence-corrected chi connectivity index (χ3v) is 2.82. The Bertz CT molecular complexity index is 294. The van der Waals surface area contributed by atoms with Gasteiger partial charge < -0.3 is 5.32 Å². The van der Waals surface area contributed by atoms with E-state index < -0.39 is 0 Å². The van der Waals surface area contributed by atoms with Crippen LogP contribution in [0.3, 0.4) is 0 Å². The lowest BCUT2D eigenvalue weighted by atomic mass is 10.3. The van der Waals surface area contributed by atoms with Crippen LogP contribution in [0.4, 0.5) is 5.82 Å². The van der Waals surface area contributed by atoms with Crippen molar-refractivity contribution < 1.29 is 0 Å². The van der Waals surface area contributed by atoms with Crippen molar-refractivity contribution in [2.75, 3.05) is 5.32 Å². The van der Waals surface area contributed by atoms with E-state index in [2.05, 4.69) is 33.2 Å². The second kappa shape index (κ2) is 2.73. The van der Waals surface area contributed by atoms with Crippen LogP contribution in [0, 0.1) is 0 Å². The molecule has 64 valence electrons. The summed E-state index contributed by atoms with van der Waals surface area (Å²) in [6.07, 6.45) is 4.30. The molecule has 0 aromatic carbocycles. The van der Waals surface area contributed by atoms with E-state index in [1.807, 2.05) is 12.1 Å². The SMILES string of the molecule is CC1(Nc2ncccc2Br)CC1. The highest BCUT2D eigenvalue weighted by Gasteiger charge is 2.37. The monoisotopic (exact) mass is 226 g/mol. The number of aromatic nitrogens is 1. The fourth-order valence-corrected chi connectivity index (χ4v) is 1.43. The fraction of sp³-hybridized carbons (Fsp3) is 0.444. The number of hydrogen-bond donors (Lipinski definition) is 1. The van der Waals surface area contributed by atoms with Gasteiger partial charge in [0.1, 0.15) is 5.82 Å². The molecule has 0 saturated heterocycles. The lowest BCUT2D eigenvalue weighted by molar-refractivity contribution is 0.819. The Hall–Kier alpha value is -0.570. The van der Waals surface area contributed by atoms with Gasteiger partial charge in [0.05, 0.1) is 4.47 Å². The van der Waals surface area contributed by atoms with Crippen LogP contribution in [0.15, 0.2) is 22.8 Å². The van der Waals surface area contributed by atoms with Crippen molar-refractivity contribution in [1.82, 2.24) is 4.98 Å². The third-order valence-electron chi connectivity index (χ3n) is 2.18.